The Labute approximate surface area is 146 Å². The van der Waals surface area contributed by atoms with Crippen LogP contribution in [-0.4, -0.2) is 28.2 Å². The summed E-state index contributed by atoms with van der Waals surface area (Å²) in [6.07, 6.45) is 0.770. The van der Waals surface area contributed by atoms with Crippen molar-refractivity contribution in [1.29, 1.82) is 5.26 Å². The highest BCUT2D eigenvalue weighted by Gasteiger charge is 2.15. The zero-order valence-electron chi connectivity index (χ0n) is 14.4. The highest BCUT2D eigenvalue weighted by Crippen LogP contribution is 2.24. The summed E-state index contributed by atoms with van der Waals surface area (Å²) in [5.74, 6) is -0.908. The molecular weight excluding hydrogens is 321 g/mol. The van der Waals surface area contributed by atoms with Gasteiger partial charge in [0, 0.05) is 17.9 Å². The summed E-state index contributed by atoms with van der Waals surface area (Å²) in [5.41, 5.74) is 2.50. The normalized spacial score (nSPS) is 12.6. The average Bonchev–Trinajstić information content (AvgIpc) is 2.84. The molecule has 2 rings (SSSR count). The summed E-state index contributed by atoms with van der Waals surface area (Å²) >= 11 is 0. The summed E-state index contributed by atoms with van der Waals surface area (Å²) in [7, 11) is 0. The molecule has 6 heteroatoms. The second-order valence-electron chi connectivity index (χ2n) is 5.84. The number of carbonyl (C=O) groups is 1. The molecule has 2 aromatic rings. The molecule has 0 saturated heterocycles. The van der Waals surface area contributed by atoms with Crippen molar-refractivity contribution in [3.05, 3.63) is 58.7 Å². The van der Waals surface area contributed by atoms with Crippen LogP contribution in [0.2, 0.25) is 0 Å². The molecule has 1 heterocycles. The number of para-hydroxylation sites is 1. The third kappa shape index (κ3) is 4.14. The number of rotatable bonds is 5. The van der Waals surface area contributed by atoms with E-state index >= 15 is 0 Å². The van der Waals surface area contributed by atoms with Crippen LogP contribution in [0.1, 0.15) is 23.9 Å². The number of aliphatic hydroxyl groups excluding tert-OH is 1. The zero-order valence-corrected chi connectivity index (χ0v) is 14.4. The van der Waals surface area contributed by atoms with Gasteiger partial charge in [-0.25, -0.2) is 4.39 Å². The van der Waals surface area contributed by atoms with Crippen molar-refractivity contribution in [1.82, 2.24) is 9.88 Å². The quantitative estimate of drug-likeness (QED) is 0.648. The first-order valence-electron chi connectivity index (χ1n) is 7.87. The van der Waals surface area contributed by atoms with Gasteiger partial charge in [0.2, 0.25) is 0 Å². The van der Waals surface area contributed by atoms with Crippen molar-refractivity contribution < 1.29 is 14.3 Å². The van der Waals surface area contributed by atoms with E-state index in [-0.39, 0.29) is 17.9 Å². The number of nitriles is 1. The molecule has 0 aliphatic carbocycles. The number of amides is 1. The second kappa shape index (κ2) is 7.77. The molecule has 2 N–H and O–H groups in total. The van der Waals surface area contributed by atoms with E-state index in [1.54, 1.807) is 35.8 Å². The van der Waals surface area contributed by atoms with Gasteiger partial charge in [0.05, 0.1) is 11.8 Å². The largest absolute Gasteiger partial charge is 0.392 e. The smallest absolute Gasteiger partial charge is 0.262 e. The molecule has 0 aliphatic heterocycles. The van der Waals surface area contributed by atoms with E-state index in [9.17, 15) is 19.6 Å². The fourth-order valence-electron chi connectivity index (χ4n) is 2.58. The van der Waals surface area contributed by atoms with Gasteiger partial charge in [-0.1, -0.05) is 12.1 Å². The fraction of sp³-hybridized carbons (Fsp3) is 0.263. The lowest BCUT2D eigenvalue weighted by molar-refractivity contribution is -0.117. The molecule has 0 fully saturated rings. The van der Waals surface area contributed by atoms with E-state index in [4.69, 9.17) is 0 Å². The zero-order chi connectivity index (χ0) is 18.6. The predicted octanol–water partition coefficient (Wildman–Crippen LogP) is 2.64. The van der Waals surface area contributed by atoms with E-state index in [1.807, 2.05) is 13.0 Å². The lowest BCUT2D eigenvalue weighted by Crippen LogP contribution is -2.31. The molecule has 0 saturated carbocycles. The van der Waals surface area contributed by atoms with E-state index < -0.39 is 12.0 Å². The van der Waals surface area contributed by atoms with Crippen molar-refractivity contribution in [2.24, 2.45) is 0 Å². The first-order chi connectivity index (χ1) is 11.8. The van der Waals surface area contributed by atoms with Crippen LogP contribution in [0.15, 0.2) is 35.9 Å². The van der Waals surface area contributed by atoms with Crippen LogP contribution in [0.4, 0.5) is 4.39 Å². The Balaban J connectivity index is 2.41. The summed E-state index contributed by atoms with van der Waals surface area (Å²) in [6, 6.07) is 10.1. The van der Waals surface area contributed by atoms with Crippen LogP contribution in [-0.2, 0) is 4.79 Å². The summed E-state index contributed by atoms with van der Waals surface area (Å²) in [5, 5.41) is 21.0. The van der Waals surface area contributed by atoms with Crippen molar-refractivity contribution in [2.45, 2.75) is 26.9 Å². The van der Waals surface area contributed by atoms with Crippen LogP contribution in [0.5, 0.6) is 0 Å². The van der Waals surface area contributed by atoms with Gasteiger partial charge in [0.15, 0.2) is 0 Å². The standard InChI is InChI=1S/C19H20FN3O2/c1-12-8-15(9-16(10-21)19(25)22-11-13(2)24)14(3)23(12)18-7-5-4-6-17(18)20/h4-9,13,24H,11H2,1-3H3,(H,22,25)/b16-9+. The van der Waals surface area contributed by atoms with E-state index in [0.717, 1.165) is 11.4 Å². The minimum Gasteiger partial charge on any atom is -0.392 e. The molecule has 0 radical (unpaired) electrons. The average molecular weight is 341 g/mol. The lowest BCUT2D eigenvalue weighted by atomic mass is 10.1. The Kier molecular flexibility index (Phi) is 5.73. The Hall–Kier alpha value is -2.91. The van der Waals surface area contributed by atoms with Gasteiger partial charge in [-0.15, -0.1) is 0 Å². The molecule has 5 nitrogen and oxygen atoms in total. The number of hydrogen-bond donors (Lipinski definition) is 2. The number of halogens is 1. The molecular formula is C19H20FN3O2. The number of aryl methyl sites for hydroxylation is 1. The van der Waals surface area contributed by atoms with Gasteiger partial charge in [-0.05, 0) is 50.6 Å². The van der Waals surface area contributed by atoms with Crippen molar-refractivity contribution in [3.63, 3.8) is 0 Å². The fourth-order valence-corrected chi connectivity index (χ4v) is 2.58. The molecule has 1 atom stereocenters. The van der Waals surface area contributed by atoms with E-state index in [1.165, 1.54) is 19.1 Å². The maximum atomic E-state index is 14.1. The van der Waals surface area contributed by atoms with Gasteiger partial charge in [-0.2, -0.15) is 5.26 Å². The molecule has 1 aromatic heterocycles. The minimum absolute atomic E-state index is 0.0616. The Morgan fingerprint density at radius 1 is 1.44 bits per heavy atom. The van der Waals surface area contributed by atoms with Crippen LogP contribution in [0.25, 0.3) is 11.8 Å². The highest BCUT2D eigenvalue weighted by atomic mass is 19.1. The lowest BCUT2D eigenvalue weighted by Gasteiger charge is -2.10. The molecule has 0 spiro atoms. The predicted molar refractivity (Wildman–Crippen MR) is 93.5 cm³/mol. The minimum atomic E-state index is -0.699. The van der Waals surface area contributed by atoms with E-state index in [2.05, 4.69) is 5.32 Å². The third-order valence-electron chi connectivity index (χ3n) is 3.79. The third-order valence-corrected chi connectivity index (χ3v) is 3.79. The van der Waals surface area contributed by atoms with Gasteiger partial charge >= 0.3 is 0 Å². The first kappa shape index (κ1) is 18.4. The Morgan fingerprint density at radius 3 is 2.72 bits per heavy atom. The number of aromatic nitrogens is 1. The molecule has 0 bridgehead atoms. The van der Waals surface area contributed by atoms with Gasteiger partial charge < -0.3 is 15.0 Å². The van der Waals surface area contributed by atoms with Gasteiger partial charge in [0.1, 0.15) is 17.5 Å². The van der Waals surface area contributed by atoms with Crippen LogP contribution in [0.3, 0.4) is 0 Å². The van der Waals surface area contributed by atoms with Crippen LogP contribution in [0, 0.1) is 31.0 Å². The van der Waals surface area contributed by atoms with Crippen molar-refractivity contribution in [2.75, 3.05) is 6.54 Å². The van der Waals surface area contributed by atoms with Crippen molar-refractivity contribution >= 4 is 12.0 Å². The highest BCUT2D eigenvalue weighted by molar-refractivity contribution is 6.01. The number of aliphatic hydroxyl groups is 1. The van der Waals surface area contributed by atoms with Crippen LogP contribution >= 0.6 is 0 Å². The second-order valence-corrected chi connectivity index (χ2v) is 5.84. The number of benzene rings is 1. The molecule has 1 aromatic carbocycles. The maximum absolute atomic E-state index is 14.1. The molecule has 0 aliphatic rings. The van der Waals surface area contributed by atoms with Crippen molar-refractivity contribution in [3.8, 4) is 11.8 Å². The Morgan fingerprint density at radius 2 is 2.12 bits per heavy atom. The maximum Gasteiger partial charge on any atom is 0.262 e. The number of nitrogens with zero attached hydrogens (tertiary/aromatic N) is 2. The van der Waals surface area contributed by atoms with Crippen LogP contribution < -0.4 is 5.32 Å². The molecule has 1 unspecified atom stereocenters. The first-order valence-corrected chi connectivity index (χ1v) is 7.87. The molecule has 130 valence electrons. The van der Waals surface area contributed by atoms with Gasteiger partial charge in [-0.3, -0.25) is 4.79 Å². The number of carbonyl (C=O) groups excluding carboxylic acids is 1. The summed E-state index contributed by atoms with van der Waals surface area (Å²) in [4.78, 5) is 12.0. The molecule has 1 amide bonds. The Bertz CT molecular complexity index is 860. The number of hydrogen-bond acceptors (Lipinski definition) is 3. The monoisotopic (exact) mass is 341 g/mol. The topological polar surface area (TPSA) is 78.1 Å². The van der Waals surface area contributed by atoms with E-state index in [0.29, 0.717) is 11.3 Å². The summed E-state index contributed by atoms with van der Waals surface area (Å²) < 4.78 is 15.8. The molecule has 25 heavy (non-hydrogen) atoms. The van der Waals surface area contributed by atoms with Gasteiger partial charge in [0.25, 0.3) is 5.91 Å². The SMILES string of the molecule is Cc1cc(/C=C(\C#N)C(=O)NCC(C)O)c(C)n1-c1ccccc1F. The summed E-state index contributed by atoms with van der Waals surface area (Å²) in [6.45, 7) is 5.23. The number of nitrogens with one attached hydrogen (secondary N) is 1.